The monoisotopic (exact) mass is 329 g/mol. The van der Waals surface area contributed by atoms with Crippen molar-refractivity contribution >= 4 is 17.3 Å². The van der Waals surface area contributed by atoms with Crippen molar-refractivity contribution in [2.75, 3.05) is 32.6 Å². The highest BCUT2D eigenvalue weighted by Crippen LogP contribution is 2.23. The average Bonchev–Trinajstić information content (AvgIpc) is 2.61. The summed E-state index contributed by atoms with van der Waals surface area (Å²) in [5, 5.41) is 13.8. The zero-order valence-electron chi connectivity index (χ0n) is 13.6. The predicted octanol–water partition coefficient (Wildman–Crippen LogP) is 2.79. The molecule has 2 aromatic rings. The quantitative estimate of drug-likeness (QED) is 0.624. The van der Waals surface area contributed by atoms with Crippen molar-refractivity contribution in [3.05, 3.63) is 64.2 Å². The van der Waals surface area contributed by atoms with Gasteiger partial charge in [0, 0.05) is 31.9 Å². The van der Waals surface area contributed by atoms with Gasteiger partial charge in [-0.2, -0.15) is 0 Å². The Labute approximate surface area is 140 Å². The topological polar surface area (TPSA) is 84.7 Å². The number of hydrogen-bond donors (Lipinski definition) is 1. The summed E-state index contributed by atoms with van der Waals surface area (Å²) in [6.07, 6.45) is 0. The maximum Gasteiger partial charge on any atom is 0.270 e. The molecule has 0 bridgehead atoms. The molecule has 0 aliphatic carbocycles. The Bertz CT molecular complexity index is 719. The summed E-state index contributed by atoms with van der Waals surface area (Å²) < 4.78 is 5.56. The number of nitrogens with one attached hydrogen (secondary N) is 1. The van der Waals surface area contributed by atoms with Crippen LogP contribution in [0.1, 0.15) is 10.4 Å². The molecular formula is C17H19N3O4. The standard InChI is InChI=1S/C17H19N3O4/c1-18-16-9-8-13(20(22)23)12-15(16)17(21)19(2)10-11-24-14-6-4-3-5-7-14/h3-9,12,18H,10-11H2,1-2H3. The van der Waals surface area contributed by atoms with Crippen LogP contribution in [0.4, 0.5) is 11.4 Å². The molecule has 0 unspecified atom stereocenters. The van der Waals surface area contributed by atoms with Crippen LogP contribution in [0.2, 0.25) is 0 Å². The fourth-order valence-electron chi connectivity index (χ4n) is 2.17. The normalized spacial score (nSPS) is 10.1. The lowest BCUT2D eigenvalue weighted by molar-refractivity contribution is -0.384. The van der Waals surface area contributed by atoms with E-state index in [1.54, 1.807) is 14.1 Å². The van der Waals surface area contributed by atoms with E-state index in [2.05, 4.69) is 5.32 Å². The van der Waals surface area contributed by atoms with E-state index in [0.717, 1.165) is 5.75 Å². The number of para-hydroxylation sites is 1. The van der Waals surface area contributed by atoms with Crippen molar-refractivity contribution in [3.8, 4) is 5.75 Å². The first-order valence-corrected chi connectivity index (χ1v) is 7.42. The molecule has 0 fully saturated rings. The minimum atomic E-state index is -0.519. The molecule has 0 aliphatic heterocycles. The molecule has 2 aromatic carbocycles. The van der Waals surface area contributed by atoms with Crippen molar-refractivity contribution in [2.45, 2.75) is 0 Å². The van der Waals surface area contributed by atoms with Crippen molar-refractivity contribution < 1.29 is 14.5 Å². The molecule has 0 saturated heterocycles. The van der Waals surface area contributed by atoms with Gasteiger partial charge in [0.25, 0.3) is 11.6 Å². The van der Waals surface area contributed by atoms with Crippen LogP contribution in [-0.2, 0) is 0 Å². The molecule has 1 N–H and O–H groups in total. The van der Waals surface area contributed by atoms with E-state index in [9.17, 15) is 14.9 Å². The molecule has 0 saturated carbocycles. The minimum absolute atomic E-state index is 0.119. The summed E-state index contributed by atoms with van der Waals surface area (Å²) in [5.41, 5.74) is 0.682. The molecule has 0 spiro atoms. The summed E-state index contributed by atoms with van der Waals surface area (Å²) in [6, 6.07) is 13.5. The second-order valence-electron chi connectivity index (χ2n) is 5.13. The van der Waals surface area contributed by atoms with Crippen LogP contribution in [0.5, 0.6) is 5.75 Å². The molecule has 7 nitrogen and oxygen atoms in total. The average molecular weight is 329 g/mol. The van der Waals surface area contributed by atoms with Crippen molar-refractivity contribution in [1.29, 1.82) is 0 Å². The Morgan fingerprint density at radius 1 is 1.25 bits per heavy atom. The molecule has 24 heavy (non-hydrogen) atoms. The van der Waals surface area contributed by atoms with Gasteiger partial charge in [-0.15, -0.1) is 0 Å². The van der Waals surface area contributed by atoms with E-state index in [-0.39, 0.29) is 17.2 Å². The third-order valence-electron chi connectivity index (χ3n) is 3.50. The molecule has 0 aliphatic rings. The second kappa shape index (κ2) is 7.96. The first kappa shape index (κ1) is 17.3. The molecule has 7 heteroatoms. The summed E-state index contributed by atoms with van der Waals surface area (Å²) in [7, 11) is 3.30. The largest absolute Gasteiger partial charge is 0.492 e. The number of amides is 1. The van der Waals surface area contributed by atoms with Gasteiger partial charge in [-0.05, 0) is 18.2 Å². The molecule has 126 valence electrons. The smallest absolute Gasteiger partial charge is 0.270 e. The van der Waals surface area contributed by atoms with E-state index >= 15 is 0 Å². The van der Waals surface area contributed by atoms with Crippen LogP contribution < -0.4 is 10.1 Å². The first-order chi connectivity index (χ1) is 11.5. The van der Waals surface area contributed by atoms with Crippen LogP contribution >= 0.6 is 0 Å². The Morgan fingerprint density at radius 3 is 2.58 bits per heavy atom. The zero-order chi connectivity index (χ0) is 17.5. The number of non-ortho nitro benzene ring substituents is 1. The van der Waals surface area contributed by atoms with Gasteiger partial charge in [-0.3, -0.25) is 14.9 Å². The highest BCUT2D eigenvalue weighted by atomic mass is 16.6. The van der Waals surface area contributed by atoms with Crippen LogP contribution in [0.3, 0.4) is 0 Å². The van der Waals surface area contributed by atoms with E-state index in [4.69, 9.17) is 4.74 Å². The van der Waals surface area contributed by atoms with Gasteiger partial charge < -0.3 is 15.0 Å². The molecule has 0 atom stereocenters. The molecule has 0 aromatic heterocycles. The number of rotatable bonds is 7. The van der Waals surface area contributed by atoms with Crippen molar-refractivity contribution in [3.63, 3.8) is 0 Å². The lowest BCUT2D eigenvalue weighted by atomic mass is 10.1. The summed E-state index contributed by atoms with van der Waals surface area (Å²) in [6.45, 7) is 0.690. The second-order valence-corrected chi connectivity index (χ2v) is 5.13. The van der Waals surface area contributed by atoms with Gasteiger partial charge in [0.1, 0.15) is 12.4 Å². The van der Waals surface area contributed by atoms with E-state index in [0.29, 0.717) is 18.8 Å². The fraction of sp³-hybridized carbons (Fsp3) is 0.235. The van der Waals surface area contributed by atoms with E-state index < -0.39 is 4.92 Å². The number of benzene rings is 2. The highest BCUT2D eigenvalue weighted by Gasteiger charge is 2.19. The Morgan fingerprint density at radius 2 is 1.96 bits per heavy atom. The number of carbonyl (C=O) groups is 1. The Kier molecular flexibility index (Phi) is 5.73. The highest BCUT2D eigenvalue weighted by molar-refractivity contribution is 6.00. The molecule has 2 rings (SSSR count). The predicted molar refractivity (Wildman–Crippen MR) is 91.5 cm³/mol. The first-order valence-electron chi connectivity index (χ1n) is 7.42. The maximum atomic E-state index is 12.5. The van der Waals surface area contributed by atoms with Crippen LogP contribution in [-0.4, -0.2) is 43.0 Å². The number of hydrogen-bond acceptors (Lipinski definition) is 5. The summed E-state index contributed by atoms with van der Waals surface area (Å²) in [5.74, 6) is 0.421. The molecule has 0 heterocycles. The number of nitro groups is 1. The third kappa shape index (κ3) is 4.22. The van der Waals surface area contributed by atoms with Gasteiger partial charge in [-0.25, -0.2) is 0 Å². The molecule has 1 amide bonds. The van der Waals surface area contributed by atoms with Crippen molar-refractivity contribution in [1.82, 2.24) is 4.90 Å². The molecular weight excluding hydrogens is 310 g/mol. The number of anilines is 1. The van der Waals surface area contributed by atoms with Gasteiger partial charge in [0.15, 0.2) is 0 Å². The fourth-order valence-corrected chi connectivity index (χ4v) is 2.17. The Hall–Kier alpha value is -3.09. The van der Waals surface area contributed by atoms with Gasteiger partial charge in [0.05, 0.1) is 17.0 Å². The summed E-state index contributed by atoms with van der Waals surface area (Å²) >= 11 is 0. The lowest BCUT2D eigenvalue weighted by Crippen LogP contribution is -2.31. The Balaban J connectivity index is 2.04. The van der Waals surface area contributed by atoms with Gasteiger partial charge in [-0.1, -0.05) is 18.2 Å². The van der Waals surface area contributed by atoms with Crippen LogP contribution in [0, 0.1) is 10.1 Å². The number of nitrogens with zero attached hydrogens (tertiary/aromatic N) is 2. The number of carbonyl (C=O) groups excluding carboxylic acids is 1. The number of nitro benzene ring substituents is 1. The van der Waals surface area contributed by atoms with Crippen LogP contribution in [0.25, 0.3) is 0 Å². The van der Waals surface area contributed by atoms with Gasteiger partial charge >= 0.3 is 0 Å². The van der Waals surface area contributed by atoms with Gasteiger partial charge in [0.2, 0.25) is 0 Å². The number of likely N-dealkylation sites (N-methyl/N-ethyl adjacent to an activating group) is 1. The minimum Gasteiger partial charge on any atom is -0.492 e. The maximum absolute atomic E-state index is 12.5. The van der Waals surface area contributed by atoms with E-state index in [1.165, 1.54) is 23.1 Å². The van der Waals surface area contributed by atoms with Crippen LogP contribution in [0.15, 0.2) is 48.5 Å². The molecule has 0 radical (unpaired) electrons. The third-order valence-corrected chi connectivity index (χ3v) is 3.50. The summed E-state index contributed by atoms with van der Waals surface area (Å²) in [4.78, 5) is 24.4. The lowest BCUT2D eigenvalue weighted by Gasteiger charge is -2.19. The van der Waals surface area contributed by atoms with Crippen molar-refractivity contribution in [2.24, 2.45) is 0 Å². The zero-order valence-corrected chi connectivity index (χ0v) is 13.6. The number of ether oxygens (including phenoxy) is 1. The SMILES string of the molecule is CNc1ccc([N+](=O)[O-])cc1C(=O)N(C)CCOc1ccccc1. The van der Waals surface area contributed by atoms with E-state index in [1.807, 2.05) is 30.3 Å².